The summed E-state index contributed by atoms with van der Waals surface area (Å²) in [6.07, 6.45) is 3.57. The van der Waals surface area contributed by atoms with Crippen molar-refractivity contribution >= 4 is 43.7 Å². The van der Waals surface area contributed by atoms with E-state index >= 15 is 0 Å². The Balaban J connectivity index is 1.19. The zero-order chi connectivity index (χ0) is 33.0. The minimum atomic E-state index is 0.598. The Morgan fingerprint density at radius 3 is 1.88 bits per heavy atom. The van der Waals surface area contributed by atoms with Crippen LogP contribution in [0.5, 0.6) is 0 Å². The van der Waals surface area contributed by atoms with E-state index in [9.17, 15) is 0 Å². The van der Waals surface area contributed by atoms with E-state index in [1.807, 2.05) is 54.6 Å². The summed E-state index contributed by atoms with van der Waals surface area (Å²) in [4.78, 5) is 19.7. The molecule has 4 heterocycles. The molecule has 6 aromatic carbocycles. The first-order valence-electron chi connectivity index (χ1n) is 16.6. The van der Waals surface area contributed by atoms with E-state index in [2.05, 4.69) is 107 Å². The van der Waals surface area contributed by atoms with Gasteiger partial charge in [-0.2, -0.15) is 0 Å². The van der Waals surface area contributed by atoms with E-state index in [1.165, 1.54) is 10.8 Å². The molecule has 6 heteroatoms. The fourth-order valence-electron chi connectivity index (χ4n) is 7.13. The molecular weight excluding hydrogens is 615 g/mol. The maximum Gasteiger partial charge on any atom is 0.166 e. The minimum Gasteiger partial charge on any atom is -0.454 e. The van der Waals surface area contributed by atoms with E-state index in [4.69, 9.17) is 19.4 Å². The molecule has 0 saturated carbocycles. The minimum absolute atomic E-state index is 0.598. The van der Waals surface area contributed by atoms with Gasteiger partial charge in [0.2, 0.25) is 0 Å². The normalized spacial score (nSPS) is 11.6. The molecule has 0 aliphatic carbocycles. The first-order chi connectivity index (χ1) is 24.8. The molecule has 4 aromatic heterocycles. The average molecular weight is 642 g/mol. The predicted octanol–water partition coefficient (Wildman–Crippen LogP) is 10.9. The number of pyridine rings is 1. The number of rotatable bonds is 5. The number of benzene rings is 6. The molecule has 0 aliphatic heterocycles. The predicted molar refractivity (Wildman–Crippen MR) is 201 cm³/mol. The molecule has 0 aliphatic rings. The van der Waals surface area contributed by atoms with Gasteiger partial charge >= 0.3 is 0 Å². The molecule has 0 radical (unpaired) electrons. The lowest BCUT2D eigenvalue weighted by molar-refractivity contribution is 0.667. The van der Waals surface area contributed by atoms with Crippen molar-refractivity contribution in [2.75, 3.05) is 0 Å². The lowest BCUT2D eigenvalue weighted by Gasteiger charge is -2.14. The van der Waals surface area contributed by atoms with Gasteiger partial charge in [0.25, 0.3) is 0 Å². The topological polar surface area (TPSA) is 69.6 Å². The summed E-state index contributed by atoms with van der Waals surface area (Å²) in [5, 5.41) is 4.50. The summed E-state index contributed by atoms with van der Waals surface area (Å²) >= 11 is 0. The van der Waals surface area contributed by atoms with Crippen LogP contribution in [0.3, 0.4) is 0 Å². The fraction of sp³-hybridized carbons (Fsp3) is 0. The van der Waals surface area contributed by atoms with Gasteiger partial charge in [0, 0.05) is 44.4 Å². The Hall–Kier alpha value is -6.92. The van der Waals surface area contributed by atoms with Crippen LogP contribution in [-0.2, 0) is 0 Å². The summed E-state index contributed by atoms with van der Waals surface area (Å²) in [5.74, 6) is 1.82. The number of hydrogen-bond donors (Lipinski definition) is 0. The van der Waals surface area contributed by atoms with Crippen molar-refractivity contribution in [3.05, 3.63) is 164 Å². The van der Waals surface area contributed by atoms with Gasteiger partial charge in [-0.1, -0.05) is 109 Å². The standard InChI is InChI=1S/C44H27N5O/c1-2-12-28(13-3-1)42-46-43(30-15-10-14-29(26-30)31-19-11-23-39-41(31)35-24-25-45-27-40(35)50-39)48-44(47-42)34-18-6-9-22-38(34)49-36-20-7-4-16-32(36)33-17-5-8-21-37(33)49/h1-27H. The van der Waals surface area contributed by atoms with Gasteiger partial charge in [0.15, 0.2) is 23.1 Å². The van der Waals surface area contributed by atoms with Crippen LogP contribution in [0.1, 0.15) is 0 Å². The van der Waals surface area contributed by atoms with Crippen LogP contribution in [0.2, 0.25) is 0 Å². The van der Waals surface area contributed by atoms with Crippen LogP contribution in [0.4, 0.5) is 0 Å². The smallest absolute Gasteiger partial charge is 0.166 e. The molecule has 0 fully saturated rings. The number of furan rings is 1. The second-order valence-corrected chi connectivity index (χ2v) is 12.3. The quantitative estimate of drug-likeness (QED) is 0.187. The number of fused-ring (bicyclic) bond motifs is 6. The van der Waals surface area contributed by atoms with Crippen molar-refractivity contribution in [2.45, 2.75) is 0 Å². The number of hydrogen-bond acceptors (Lipinski definition) is 5. The highest BCUT2D eigenvalue weighted by molar-refractivity contribution is 6.12. The Morgan fingerprint density at radius 1 is 0.440 bits per heavy atom. The zero-order valence-electron chi connectivity index (χ0n) is 26.7. The Labute approximate surface area is 287 Å². The molecule has 0 unspecified atom stereocenters. The summed E-state index contributed by atoms with van der Waals surface area (Å²) in [5.41, 5.74) is 9.70. The van der Waals surface area contributed by atoms with Gasteiger partial charge in [0.05, 0.1) is 22.9 Å². The van der Waals surface area contributed by atoms with Crippen LogP contribution < -0.4 is 0 Å². The molecule has 50 heavy (non-hydrogen) atoms. The molecule has 10 aromatic rings. The van der Waals surface area contributed by atoms with Crippen molar-refractivity contribution < 1.29 is 4.42 Å². The first kappa shape index (κ1) is 28.1. The summed E-state index contributed by atoms with van der Waals surface area (Å²) in [7, 11) is 0. The van der Waals surface area contributed by atoms with Crippen molar-refractivity contribution in [3.63, 3.8) is 0 Å². The molecule has 6 nitrogen and oxygen atoms in total. The van der Waals surface area contributed by atoms with E-state index in [1.54, 1.807) is 12.4 Å². The summed E-state index contributed by atoms with van der Waals surface area (Å²) < 4.78 is 8.47. The van der Waals surface area contributed by atoms with Crippen molar-refractivity contribution in [1.82, 2.24) is 24.5 Å². The van der Waals surface area contributed by atoms with E-state index in [-0.39, 0.29) is 0 Å². The SMILES string of the molecule is c1ccc(-c2nc(-c3cccc(-c4cccc5oc6cnccc6c45)c3)nc(-c3ccccc3-n3c4ccccc4c4ccccc43)n2)cc1. The van der Waals surface area contributed by atoms with E-state index in [0.717, 1.165) is 66.5 Å². The molecule has 0 atom stereocenters. The lowest BCUT2D eigenvalue weighted by atomic mass is 9.98. The molecule has 0 bridgehead atoms. The average Bonchev–Trinajstić information content (AvgIpc) is 3.74. The third-order valence-corrected chi connectivity index (χ3v) is 9.37. The van der Waals surface area contributed by atoms with Crippen LogP contribution in [0.15, 0.2) is 168 Å². The maximum absolute atomic E-state index is 6.16. The third kappa shape index (κ3) is 4.50. The second kappa shape index (κ2) is 11.4. The Morgan fingerprint density at radius 2 is 1.06 bits per heavy atom. The second-order valence-electron chi connectivity index (χ2n) is 12.3. The molecular formula is C44H27N5O. The van der Waals surface area contributed by atoms with E-state index in [0.29, 0.717) is 17.5 Å². The van der Waals surface area contributed by atoms with Gasteiger partial charge in [-0.25, -0.2) is 15.0 Å². The van der Waals surface area contributed by atoms with Gasteiger partial charge < -0.3 is 8.98 Å². The molecule has 0 saturated heterocycles. The van der Waals surface area contributed by atoms with Crippen molar-refractivity contribution in [3.8, 4) is 51.0 Å². The van der Waals surface area contributed by atoms with Gasteiger partial charge in [0.1, 0.15) is 5.58 Å². The zero-order valence-corrected chi connectivity index (χ0v) is 26.7. The molecule has 0 amide bonds. The third-order valence-electron chi connectivity index (χ3n) is 9.37. The van der Waals surface area contributed by atoms with E-state index < -0.39 is 0 Å². The van der Waals surface area contributed by atoms with Gasteiger partial charge in [-0.05, 0) is 53.6 Å². The van der Waals surface area contributed by atoms with Gasteiger partial charge in [-0.15, -0.1) is 0 Å². The van der Waals surface area contributed by atoms with Crippen LogP contribution >= 0.6 is 0 Å². The van der Waals surface area contributed by atoms with Crippen LogP contribution in [0.25, 0.3) is 94.7 Å². The number of aromatic nitrogens is 5. The highest BCUT2D eigenvalue weighted by Crippen LogP contribution is 2.39. The molecule has 0 N–H and O–H groups in total. The highest BCUT2D eigenvalue weighted by Gasteiger charge is 2.19. The maximum atomic E-state index is 6.16. The lowest BCUT2D eigenvalue weighted by Crippen LogP contribution is -2.03. The number of para-hydroxylation sites is 3. The monoisotopic (exact) mass is 641 g/mol. The molecule has 10 rings (SSSR count). The molecule has 0 spiro atoms. The largest absolute Gasteiger partial charge is 0.454 e. The fourth-order valence-corrected chi connectivity index (χ4v) is 7.13. The van der Waals surface area contributed by atoms with Crippen molar-refractivity contribution in [1.29, 1.82) is 0 Å². The number of nitrogens with zero attached hydrogens (tertiary/aromatic N) is 5. The van der Waals surface area contributed by atoms with Crippen LogP contribution in [-0.4, -0.2) is 24.5 Å². The Bertz CT molecular complexity index is 2840. The molecule has 234 valence electrons. The first-order valence-corrected chi connectivity index (χ1v) is 16.6. The van der Waals surface area contributed by atoms with Crippen LogP contribution in [0, 0.1) is 0 Å². The van der Waals surface area contributed by atoms with Crippen molar-refractivity contribution in [2.24, 2.45) is 0 Å². The highest BCUT2D eigenvalue weighted by atomic mass is 16.3. The Kier molecular flexibility index (Phi) is 6.39. The summed E-state index contributed by atoms with van der Waals surface area (Å²) in [6, 6.07) is 52.1. The van der Waals surface area contributed by atoms with Gasteiger partial charge in [-0.3, -0.25) is 4.98 Å². The summed E-state index contributed by atoms with van der Waals surface area (Å²) in [6.45, 7) is 0.